The lowest BCUT2D eigenvalue weighted by molar-refractivity contribution is -0.387. The number of hydrogen-bond acceptors (Lipinski definition) is 11. The number of nitrogens with zero attached hydrogens (tertiary/aromatic N) is 2. The molecule has 3 aromatic rings. The Kier molecular flexibility index (Phi) is 9.50. The summed E-state index contributed by atoms with van der Waals surface area (Å²) in [5.41, 5.74) is -0.394. The normalized spacial score (nSPS) is 10.7. The number of esters is 1. The van der Waals surface area contributed by atoms with Crippen molar-refractivity contribution < 1.29 is 49.2 Å². The SMILES string of the molecule is O=C(OCc1ccc(COOCc2cccc([N+](=O)[O-])c2COO)cc1)c1cccc([N+](=O)[O-])c1C(=O)O. The second-order valence-electron chi connectivity index (χ2n) is 7.62. The van der Waals surface area contributed by atoms with E-state index in [0.29, 0.717) is 16.7 Å². The Labute approximate surface area is 213 Å². The molecule has 0 aliphatic carbocycles. The molecule has 0 aliphatic rings. The van der Waals surface area contributed by atoms with E-state index in [1.807, 2.05) is 0 Å². The lowest BCUT2D eigenvalue weighted by Crippen LogP contribution is -2.13. The predicted molar refractivity (Wildman–Crippen MR) is 126 cm³/mol. The zero-order chi connectivity index (χ0) is 27.7. The number of hydrogen-bond donors (Lipinski definition) is 2. The molecule has 38 heavy (non-hydrogen) atoms. The monoisotopic (exact) mass is 528 g/mol. The van der Waals surface area contributed by atoms with Crippen molar-refractivity contribution in [3.8, 4) is 0 Å². The molecule has 14 nitrogen and oxygen atoms in total. The molecule has 14 heteroatoms. The summed E-state index contributed by atoms with van der Waals surface area (Å²) >= 11 is 0. The van der Waals surface area contributed by atoms with Crippen molar-refractivity contribution in [3.05, 3.63) is 114 Å². The molecule has 0 fully saturated rings. The van der Waals surface area contributed by atoms with E-state index >= 15 is 0 Å². The molecule has 198 valence electrons. The molecule has 0 atom stereocenters. The number of nitro benzene ring substituents is 2. The van der Waals surface area contributed by atoms with E-state index in [1.54, 1.807) is 30.3 Å². The topological polar surface area (TPSA) is 198 Å². The van der Waals surface area contributed by atoms with Gasteiger partial charge in [-0.1, -0.05) is 42.5 Å². The second kappa shape index (κ2) is 13.0. The predicted octanol–water partition coefficient (Wildman–Crippen LogP) is 4.20. The molecule has 0 saturated carbocycles. The minimum atomic E-state index is -1.63. The molecule has 0 radical (unpaired) electrons. The second-order valence-corrected chi connectivity index (χ2v) is 7.62. The van der Waals surface area contributed by atoms with Gasteiger partial charge in [0, 0.05) is 12.1 Å². The molecule has 0 bridgehead atoms. The summed E-state index contributed by atoms with van der Waals surface area (Å²) in [5, 5.41) is 40.3. The van der Waals surface area contributed by atoms with Crippen molar-refractivity contribution in [1.82, 2.24) is 0 Å². The van der Waals surface area contributed by atoms with E-state index < -0.39 is 45.2 Å². The van der Waals surface area contributed by atoms with Crippen LogP contribution in [0.1, 0.15) is 43.0 Å². The van der Waals surface area contributed by atoms with Crippen LogP contribution in [0, 0.1) is 20.2 Å². The minimum absolute atomic E-state index is 0.0104. The van der Waals surface area contributed by atoms with E-state index in [2.05, 4.69) is 4.89 Å². The number of benzene rings is 3. The van der Waals surface area contributed by atoms with Gasteiger partial charge in [-0.3, -0.25) is 25.5 Å². The Hall–Kier alpha value is -4.76. The molecule has 0 spiro atoms. The van der Waals surface area contributed by atoms with Crippen LogP contribution in [0.5, 0.6) is 0 Å². The Morgan fingerprint density at radius 2 is 1.34 bits per heavy atom. The first-order chi connectivity index (χ1) is 18.2. The lowest BCUT2D eigenvalue weighted by Gasteiger charge is -2.10. The van der Waals surface area contributed by atoms with Crippen molar-refractivity contribution in [3.63, 3.8) is 0 Å². The highest BCUT2D eigenvalue weighted by molar-refractivity contribution is 6.05. The number of aromatic carboxylic acids is 1. The van der Waals surface area contributed by atoms with Crippen LogP contribution >= 0.6 is 0 Å². The van der Waals surface area contributed by atoms with Crippen LogP contribution in [0.15, 0.2) is 60.7 Å². The van der Waals surface area contributed by atoms with Gasteiger partial charge in [-0.2, -0.15) is 0 Å². The van der Waals surface area contributed by atoms with Crippen molar-refractivity contribution in [2.75, 3.05) is 0 Å². The quantitative estimate of drug-likeness (QED) is 0.106. The van der Waals surface area contributed by atoms with E-state index in [0.717, 1.165) is 12.1 Å². The Bertz CT molecular complexity index is 1340. The molecule has 3 aromatic carbocycles. The number of ether oxygens (including phenoxy) is 1. The third-order valence-electron chi connectivity index (χ3n) is 5.24. The number of carbonyl (C=O) groups is 2. The van der Waals surface area contributed by atoms with E-state index in [9.17, 15) is 34.9 Å². The number of carboxylic acid groups (broad SMARTS) is 1. The Morgan fingerprint density at radius 3 is 1.95 bits per heavy atom. The first-order valence-electron chi connectivity index (χ1n) is 10.7. The number of carbonyl (C=O) groups excluding carboxylic acids is 1. The van der Waals surface area contributed by atoms with Gasteiger partial charge >= 0.3 is 11.9 Å². The van der Waals surface area contributed by atoms with E-state index in [-0.39, 0.29) is 31.1 Å². The highest BCUT2D eigenvalue weighted by Gasteiger charge is 2.27. The summed E-state index contributed by atoms with van der Waals surface area (Å²) in [5.74, 6) is -2.65. The fourth-order valence-electron chi connectivity index (χ4n) is 3.42. The van der Waals surface area contributed by atoms with Crippen LogP contribution in [0.2, 0.25) is 0 Å². The van der Waals surface area contributed by atoms with Crippen molar-refractivity contribution in [1.29, 1.82) is 0 Å². The van der Waals surface area contributed by atoms with Crippen molar-refractivity contribution >= 4 is 23.3 Å². The van der Waals surface area contributed by atoms with Crippen LogP contribution in [0.25, 0.3) is 0 Å². The molecule has 0 aliphatic heterocycles. The van der Waals surface area contributed by atoms with Crippen LogP contribution in [0.3, 0.4) is 0 Å². The van der Waals surface area contributed by atoms with Gasteiger partial charge in [0.25, 0.3) is 11.4 Å². The summed E-state index contributed by atoms with van der Waals surface area (Å²) in [4.78, 5) is 58.9. The van der Waals surface area contributed by atoms with Gasteiger partial charge in [-0.25, -0.2) is 24.3 Å². The maximum atomic E-state index is 12.4. The van der Waals surface area contributed by atoms with E-state index in [4.69, 9.17) is 19.8 Å². The zero-order valence-electron chi connectivity index (χ0n) is 19.5. The minimum Gasteiger partial charge on any atom is -0.477 e. The number of rotatable bonds is 13. The first kappa shape index (κ1) is 27.8. The van der Waals surface area contributed by atoms with Gasteiger partial charge in [0.2, 0.25) is 0 Å². The highest BCUT2D eigenvalue weighted by Crippen LogP contribution is 2.25. The van der Waals surface area contributed by atoms with Gasteiger partial charge in [-0.05, 0) is 22.8 Å². The molecule has 3 rings (SSSR count). The first-order valence-corrected chi connectivity index (χ1v) is 10.7. The average molecular weight is 528 g/mol. The molecule has 0 heterocycles. The molecular formula is C24H20N2O12. The van der Waals surface area contributed by atoms with Crippen LogP contribution < -0.4 is 0 Å². The third kappa shape index (κ3) is 6.92. The largest absolute Gasteiger partial charge is 0.477 e. The highest BCUT2D eigenvalue weighted by atomic mass is 17.2. The van der Waals surface area contributed by atoms with Gasteiger partial charge in [0.05, 0.1) is 21.0 Å². The van der Waals surface area contributed by atoms with Crippen molar-refractivity contribution in [2.24, 2.45) is 0 Å². The van der Waals surface area contributed by atoms with Crippen LogP contribution in [-0.4, -0.2) is 32.1 Å². The van der Waals surface area contributed by atoms with Gasteiger partial charge < -0.3 is 9.84 Å². The summed E-state index contributed by atoms with van der Waals surface area (Å²) in [6.45, 7) is -0.762. The fourth-order valence-corrected chi connectivity index (χ4v) is 3.42. The van der Waals surface area contributed by atoms with Gasteiger partial charge in [0.1, 0.15) is 26.4 Å². The van der Waals surface area contributed by atoms with Gasteiger partial charge in [-0.15, -0.1) is 0 Å². The van der Waals surface area contributed by atoms with E-state index in [1.165, 1.54) is 18.2 Å². The summed E-state index contributed by atoms with van der Waals surface area (Å²) in [7, 11) is 0. The summed E-state index contributed by atoms with van der Waals surface area (Å²) in [6.07, 6.45) is 0. The molecular weight excluding hydrogens is 508 g/mol. The molecule has 0 unspecified atom stereocenters. The Balaban J connectivity index is 1.54. The molecule has 0 amide bonds. The number of carboxylic acids is 1. The maximum Gasteiger partial charge on any atom is 0.343 e. The molecule has 0 aromatic heterocycles. The number of nitro groups is 2. The van der Waals surface area contributed by atoms with Gasteiger partial charge in [0.15, 0.2) is 5.56 Å². The standard InChI is InChI=1S/C24H20N2O12/c27-23(28)22-18(4-2-6-21(22)26(32)33)24(29)35-11-15-7-9-16(10-8-15)12-37-38-13-17-3-1-5-20(25(30)31)19(17)14-36-34/h1-10,34H,11-14H2,(H,27,28). The average Bonchev–Trinajstić information content (AvgIpc) is 2.90. The van der Waals surface area contributed by atoms with Crippen LogP contribution in [-0.2, 0) is 45.8 Å². The zero-order valence-corrected chi connectivity index (χ0v) is 19.5. The third-order valence-corrected chi connectivity index (χ3v) is 5.24. The fraction of sp³-hybridized carbons (Fsp3) is 0.167. The molecule has 0 saturated heterocycles. The van der Waals surface area contributed by atoms with Crippen LogP contribution in [0.4, 0.5) is 11.4 Å². The smallest absolute Gasteiger partial charge is 0.343 e. The lowest BCUT2D eigenvalue weighted by atomic mass is 10.1. The molecule has 2 N–H and O–H groups in total. The summed E-state index contributed by atoms with van der Waals surface area (Å²) in [6, 6.07) is 14.2. The summed E-state index contributed by atoms with van der Waals surface area (Å²) < 4.78 is 5.13. The maximum absolute atomic E-state index is 12.4. The Morgan fingerprint density at radius 1 is 0.763 bits per heavy atom. The van der Waals surface area contributed by atoms with Crippen molar-refractivity contribution in [2.45, 2.75) is 26.4 Å².